The number of nitrogens with one attached hydrogen (secondary N) is 1. The van der Waals surface area contributed by atoms with E-state index in [1.54, 1.807) is 24.4 Å². The molecule has 5 nitrogen and oxygen atoms in total. The summed E-state index contributed by atoms with van der Waals surface area (Å²) in [5.74, 6) is -0.0326. The molecule has 0 radical (unpaired) electrons. The molecule has 138 valence electrons. The fourth-order valence-electron chi connectivity index (χ4n) is 2.65. The maximum Gasteiger partial charge on any atom is 0.270 e. The molecule has 0 bridgehead atoms. The van der Waals surface area contributed by atoms with Crippen LogP contribution in [0, 0.1) is 5.82 Å². The minimum Gasteiger partial charge on any atom is -0.350 e. The molecule has 0 saturated carbocycles. The lowest BCUT2D eigenvalue weighted by atomic mass is 10.1. The van der Waals surface area contributed by atoms with E-state index in [4.69, 9.17) is 0 Å². The average molecular weight is 364 g/mol. The summed E-state index contributed by atoms with van der Waals surface area (Å²) in [4.78, 5) is 22.8. The Hall–Kier alpha value is -3.28. The van der Waals surface area contributed by atoms with E-state index in [2.05, 4.69) is 15.3 Å². The van der Waals surface area contributed by atoms with Gasteiger partial charge in [0.1, 0.15) is 11.5 Å². The summed E-state index contributed by atoms with van der Waals surface area (Å²) in [5.41, 5.74) is 2.42. The number of rotatable bonds is 7. The van der Waals surface area contributed by atoms with E-state index in [0.717, 1.165) is 11.1 Å². The van der Waals surface area contributed by atoms with Crippen LogP contribution in [-0.2, 0) is 13.0 Å². The highest BCUT2D eigenvalue weighted by molar-refractivity contribution is 5.92. The van der Waals surface area contributed by atoms with Gasteiger partial charge in [0.2, 0.25) is 5.95 Å². The Morgan fingerprint density at radius 2 is 1.78 bits per heavy atom. The van der Waals surface area contributed by atoms with Crippen molar-refractivity contribution in [3.05, 3.63) is 89.5 Å². The molecule has 27 heavy (non-hydrogen) atoms. The zero-order valence-electron chi connectivity index (χ0n) is 15.1. The van der Waals surface area contributed by atoms with Crippen LogP contribution in [0.15, 0.2) is 66.9 Å². The van der Waals surface area contributed by atoms with Crippen molar-refractivity contribution in [1.29, 1.82) is 0 Å². The molecule has 0 aliphatic rings. The van der Waals surface area contributed by atoms with Gasteiger partial charge in [0.05, 0.1) is 0 Å². The third-order valence-electron chi connectivity index (χ3n) is 4.09. The number of nitrogens with zero attached hydrogens (tertiary/aromatic N) is 3. The normalized spacial score (nSPS) is 10.4. The molecular weight excluding hydrogens is 343 g/mol. The summed E-state index contributed by atoms with van der Waals surface area (Å²) in [6.45, 7) is 1.10. The number of amides is 1. The van der Waals surface area contributed by atoms with E-state index in [0.29, 0.717) is 31.2 Å². The van der Waals surface area contributed by atoms with Gasteiger partial charge in [-0.1, -0.05) is 42.5 Å². The van der Waals surface area contributed by atoms with Gasteiger partial charge in [0, 0.05) is 26.3 Å². The van der Waals surface area contributed by atoms with Gasteiger partial charge < -0.3 is 10.2 Å². The second-order valence-corrected chi connectivity index (χ2v) is 6.22. The van der Waals surface area contributed by atoms with E-state index in [-0.39, 0.29) is 11.7 Å². The first-order valence-electron chi connectivity index (χ1n) is 8.72. The summed E-state index contributed by atoms with van der Waals surface area (Å²) in [6, 6.07) is 17.8. The van der Waals surface area contributed by atoms with E-state index in [9.17, 15) is 9.18 Å². The molecule has 6 heteroatoms. The van der Waals surface area contributed by atoms with Crippen molar-refractivity contribution in [2.24, 2.45) is 0 Å². The predicted octanol–water partition coefficient (Wildman–Crippen LogP) is 3.22. The summed E-state index contributed by atoms with van der Waals surface area (Å²) in [5, 5.41) is 2.84. The average Bonchev–Trinajstić information content (AvgIpc) is 2.70. The van der Waals surface area contributed by atoms with Gasteiger partial charge in [-0.2, -0.15) is 0 Å². The fraction of sp³-hybridized carbons (Fsp3) is 0.190. The number of hydrogen-bond donors (Lipinski definition) is 1. The number of aromatic nitrogens is 2. The lowest BCUT2D eigenvalue weighted by Crippen LogP contribution is -2.27. The van der Waals surface area contributed by atoms with Crippen molar-refractivity contribution in [3.63, 3.8) is 0 Å². The Labute approximate surface area is 157 Å². The molecule has 1 aromatic heterocycles. The first-order valence-corrected chi connectivity index (χ1v) is 8.72. The zero-order chi connectivity index (χ0) is 19.1. The van der Waals surface area contributed by atoms with E-state index in [1.807, 2.05) is 42.3 Å². The van der Waals surface area contributed by atoms with Crippen molar-refractivity contribution in [2.75, 3.05) is 18.5 Å². The molecular formula is C21H21FN4O. The van der Waals surface area contributed by atoms with Crippen molar-refractivity contribution in [1.82, 2.24) is 15.3 Å². The molecule has 0 unspecified atom stereocenters. The molecule has 3 aromatic rings. The number of halogens is 1. The van der Waals surface area contributed by atoms with Crippen LogP contribution >= 0.6 is 0 Å². The van der Waals surface area contributed by atoms with Crippen LogP contribution in [0.3, 0.4) is 0 Å². The van der Waals surface area contributed by atoms with Crippen LogP contribution in [-0.4, -0.2) is 29.5 Å². The molecule has 0 atom stereocenters. The van der Waals surface area contributed by atoms with Crippen LogP contribution in [0.2, 0.25) is 0 Å². The number of carbonyl (C=O) groups is 1. The Morgan fingerprint density at radius 3 is 2.52 bits per heavy atom. The molecule has 2 aromatic carbocycles. The van der Waals surface area contributed by atoms with Crippen LogP contribution < -0.4 is 10.2 Å². The highest BCUT2D eigenvalue weighted by atomic mass is 19.1. The summed E-state index contributed by atoms with van der Waals surface area (Å²) in [6.07, 6.45) is 2.20. The zero-order valence-corrected chi connectivity index (χ0v) is 15.1. The van der Waals surface area contributed by atoms with E-state index < -0.39 is 0 Å². The number of carbonyl (C=O) groups excluding carboxylic acids is 1. The van der Waals surface area contributed by atoms with Gasteiger partial charge >= 0.3 is 0 Å². The number of hydrogen-bond acceptors (Lipinski definition) is 4. The van der Waals surface area contributed by atoms with E-state index in [1.165, 1.54) is 12.1 Å². The minimum atomic E-state index is -0.268. The Balaban J connectivity index is 1.57. The molecule has 0 aliphatic carbocycles. The van der Waals surface area contributed by atoms with Gasteiger partial charge in [-0.15, -0.1) is 0 Å². The highest BCUT2D eigenvalue weighted by Gasteiger charge is 2.11. The summed E-state index contributed by atoms with van der Waals surface area (Å²) < 4.78 is 12.9. The third kappa shape index (κ3) is 5.34. The topological polar surface area (TPSA) is 58.1 Å². The standard InChI is InChI=1S/C21H21FN4O/c1-26(15-17-5-3-2-4-6-17)21-24-14-12-19(25-21)20(27)23-13-11-16-7-9-18(22)10-8-16/h2-10,12,14H,11,13,15H2,1H3,(H,23,27). The Morgan fingerprint density at radius 1 is 1.04 bits per heavy atom. The van der Waals surface area contributed by atoms with Crippen molar-refractivity contribution >= 4 is 11.9 Å². The number of anilines is 1. The predicted molar refractivity (Wildman–Crippen MR) is 103 cm³/mol. The molecule has 1 heterocycles. The maximum atomic E-state index is 12.9. The molecule has 0 spiro atoms. The first-order chi connectivity index (χ1) is 13.1. The van der Waals surface area contributed by atoms with Gasteiger partial charge in [-0.25, -0.2) is 14.4 Å². The van der Waals surface area contributed by atoms with Crippen LogP contribution in [0.25, 0.3) is 0 Å². The van der Waals surface area contributed by atoms with E-state index >= 15 is 0 Å². The lowest BCUT2D eigenvalue weighted by molar-refractivity contribution is 0.0949. The Kier molecular flexibility index (Phi) is 6.10. The van der Waals surface area contributed by atoms with Crippen LogP contribution in [0.5, 0.6) is 0 Å². The van der Waals surface area contributed by atoms with Crippen molar-refractivity contribution in [3.8, 4) is 0 Å². The monoisotopic (exact) mass is 364 g/mol. The second-order valence-electron chi connectivity index (χ2n) is 6.22. The molecule has 1 N–H and O–H groups in total. The fourth-order valence-corrected chi connectivity index (χ4v) is 2.65. The van der Waals surface area contributed by atoms with Crippen LogP contribution in [0.1, 0.15) is 21.6 Å². The molecule has 0 aliphatic heterocycles. The van der Waals surface area contributed by atoms with Crippen molar-refractivity contribution in [2.45, 2.75) is 13.0 Å². The largest absolute Gasteiger partial charge is 0.350 e. The SMILES string of the molecule is CN(Cc1ccccc1)c1nccc(C(=O)NCCc2ccc(F)cc2)n1. The lowest BCUT2D eigenvalue weighted by Gasteiger charge is -2.17. The van der Waals surface area contributed by atoms with Crippen LogP contribution in [0.4, 0.5) is 10.3 Å². The van der Waals surface area contributed by atoms with Gasteiger partial charge in [0.15, 0.2) is 0 Å². The van der Waals surface area contributed by atoms with Gasteiger partial charge in [-0.3, -0.25) is 4.79 Å². The molecule has 3 rings (SSSR count). The van der Waals surface area contributed by atoms with Gasteiger partial charge in [0.25, 0.3) is 5.91 Å². The minimum absolute atomic E-state index is 0.256. The second kappa shape index (κ2) is 8.89. The quantitative estimate of drug-likeness (QED) is 0.699. The smallest absolute Gasteiger partial charge is 0.270 e. The highest BCUT2D eigenvalue weighted by Crippen LogP contribution is 2.10. The first kappa shape index (κ1) is 18.5. The summed E-state index contributed by atoms with van der Waals surface area (Å²) >= 11 is 0. The van der Waals surface area contributed by atoms with Crippen molar-refractivity contribution < 1.29 is 9.18 Å². The van der Waals surface area contributed by atoms with Gasteiger partial charge in [-0.05, 0) is 35.7 Å². The maximum absolute atomic E-state index is 12.9. The number of benzene rings is 2. The summed E-state index contributed by atoms with van der Waals surface area (Å²) in [7, 11) is 1.89. The third-order valence-corrected chi connectivity index (χ3v) is 4.09. The Bertz CT molecular complexity index is 884. The molecule has 0 fully saturated rings. The molecule has 1 amide bonds. The molecule has 0 saturated heterocycles.